The Morgan fingerprint density at radius 3 is 3.00 bits per heavy atom. The van der Waals surface area contributed by atoms with E-state index in [1.165, 1.54) is 12.8 Å². The van der Waals surface area contributed by atoms with Crippen LogP contribution < -0.4 is 0 Å². The summed E-state index contributed by atoms with van der Waals surface area (Å²) in [6, 6.07) is 2.32. The highest BCUT2D eigenvalue weighted by Crippen LogP contribution is 2.20. The second-order valence-corrected chi connectivity index (χ2v) is 2.62. The van der Waals surface area contributed by atoms with E-state index in [1.807, 2.05) is 0 Å². The Morgan fingerprint density at radius 2 is 2.22 bits per heavy atom. The van der Waals surface area contributed by atoms with Crippen LogP contribution in [-0.4, -0.2) is 0 Å². The Kier molecular flexibility index (Phi) is 2.57. The third-order valence-electron chi connectivity index (χ3n) is 1.86. The van der Waals surface area contributed by atoms with Gasteiger partial charge in [-0.05, 0) is 25.7 Å². The molecule has 0 aliphatic heterocycles. The third-order valence-corrected chi connectivity index (χ3v) is 1.86. The highest BCUT2D eigenvalue weighted by atomic mass is 14.3. The fourth-order valence-corrected chi connectivity index (χ4v) is 1.25. The predicted octanol–water partition coefficient (Wildman–Crippen LogP) is 2.29. The van der Waals surface area contributed by atoms with Crippen molar-refractivity contribution in [3.05, 3.63) is 6.42 Å². The molecule has 0 spiro atoms. The maximum Gasteiger partial charge on any atom is 0.0655 e. The maximum absolute atomic E-state index is 8.55. The Labute approximate surface area is 56.7 Å². The van der Waals surface area contributed by atoms with Gasteiger partial charge < -0.3 is 0 Å². The number of rotatable bonds is 0. The van der Waals surface area contributed by atoms with Gasteiger partial charge in [-0.3, -0.25) is 0 Å². The van der Waals surface area contributed by atoms with Gasteiger partial charge in [0.05, 0.1) is 6.07 Å². The molecule has 0 bridgehead atoms. The minimum Gasteiger partial charge on any atom is -0.198 e. The average Bonchev–Trinajstić information content (AvgIpc) is 2.13. The van der Waals surface area contributed by atoms with E-state index in [-0.39, 0.29) is 0 Å². The van der Waals surface area contributed by atoms with Crippen LogP contribution in [0, 0.1) is 23.7 Å². The molecule has 0 saturated heterocycles. The SMILES string of the molecule is N#CC1CC[CH]CCC1. The summed E-state index contributed by atoms with van der Waals surface area (Å²) in [4.78, 5) is 0. The Hall–Kier alpha value is -0.510. The summed E-state index contributed by atoms with van der Waals surface area (Å²) >= 11 is 0. The molecule has 0 heterocycles. The molecule has 49 valence electrons. The molecule has 9 heavy (non-hydrogen) atoms. The number of hydrogen-bond acceptors (Lipinski definition) is 1. The van der Waals surface area contributed by atoms with E-state index in [0.717, 1.165) is 19.3 Å². The smallest absolute Gasteiger partial charge is 0.0655 e. The highest BCUT2D eigenvalue weighted by Gasteiger charge is 2.09. The van der Waals surface area contributed by atoms with Gasteiger partial charge in [-0.25, -0.2) is 0 Å². The molecule has 0 N–H and O–H groups in total. The molecular weight excluding hydrogens is 110 g/mol. The second kappa shape index (κ2) is 3.50. The number of nitriles is 1. The van der Waals surface area contributed by atoms with E-state index in [9.17, 15) is 0 Å². The fourth-order valence-electron chi connectivity index (χ4n) is 1.25. The molecule has 0 amide bonds. The standard InChI is InChI=1S/C8H12N/c9-7-8-5-3-1-2-4-6-8/h1,8H,2-6H2. The maximum atomic E-state index is 8.55. The van der Waals surface area contributed by atoms with E-state index < -0.39 is 0 Å². The van der Waals surface area contributed by atoms with E-state index >= 15 is 0 Å². The monoisotopic (exact) mass is 122 g/mol. The first kappa shape index (κ1) is 6.61. The van der Waals surface area contributed by atoms with Gasteiger partial charge in [0.2, 0.25) is 0 Å². The quantitative estimate of drug-likeness (QED) is 0.452. The molecule has 1 saturated carbocycles. The lowest BCUT2D eigenvalue weighted by atomic mass is 10.0. The highest BCUT2D eigenvalue weighted by molar-refractivity contribution is 4.86. The molecule has 1 nitrogen and oxygen atoms in total. The largest absolute Gasteiger partial charge is 0.198 e. The van der Waals surface area contributed by atoms with Crippen molar-refractivity contribution in [1.82, 2.24) is 0 Å². The molecular formula is C8H12N. The van der Waals surface area contributed by atoms with Crippen LogP contribution in [0.25, 0.3) is 0 Å². The summed E-state index contributed by atoms with van der Waals surface area (Å²) in [7, 11) is 0. The lowest BCUT2D eigenvalue weighted by Gasteiger charge is -1.99. The number of nitrogens with zero attached hydrogens (tertiary/aromatic N) is 1. The molecule has 0 aromatic heterocycles. The Balaban J connectivity index is 2.29. The van der Waals surface area contributed by atoms with Crippen LogP contribution in [0.4, 0.5) is 0 Å². The van der Waals surface area contributed by atoms with Crippen molar-refractivity contribution in [2.24, 2.45) is 5.92 Å². The van der Waals surface area contributed by atoms with Gasteiger partial charge in [-0.15, -0.1) is 0 Å². The minimum atomic E-state index is 0.351. The lowest BCUT2D eigenvalue weighted by molar-refractivity contribution is 0.574. The van der Waals surface area contributed by atoms with Crippen LogP contribution in [0.5, 0.6) is 0 Å². The minimum absolute atomic E-state index is 0.351. The molecule has 1 fully saturated rings. The van der Waals surface area contributed by atoms with Gasteiger partial charge in [-0.2, -0.15) is 5.26 Å². The van der Waals surface area contributed by atoms with E-state index in [4.69, 9.17) is 5.26 Å². The molecule has 1 rings (SSSR count). The van der Waals surface area contributed by atoms with Crippen molar-refractivity contribution in [2.75, 3.05) is 0 Å². The average molecular weight is 122 g/mol. The summed E-state index contributed by atoms with van der Waals surface area (Å²) < 4.78 is 0. The fraction of sp³-hybridized carbons (Fsp3) is 0.750. The van der Waals surface area contributed by atoms with Crippen molar-refractivity contribution >= 4 is 0 Å². The Morgan fingerprint density at radius 1 is 1.33 bits per heavy atom. The predicted molar refractivity (Wildman–Crippen MR) is 36.5 cm³/mol. The van der Waals surface area contributed by atoms with Crippen molar-refractivity contribution in [2.45, 2.75) is 32.1 Å². The van der Waals surface area contributed by atoms with Crippen LogP contribution in [-0.2, 0) is 0 Å². The van der Waals surface area contributed by atoms with Gasteiger partial charge in [0.15, 0.2) is 0 Å². The first-order chi connectivity index (χ1) is 4.43. The molecule has 1 aliphatic rings. The topological polar surface area (TPSA) is 23.8 Å². The molecule has 0 aromatic carbocycles. The van der Waals surface area contributed by atoms with Gasteiger partial charge >= 0.3 is 0 Å². The number of hydrogen-bond donors (Lipinski definition) is 0. The van der Waals surface area contributed by atoms with Crippen molar-refractivity contribution in [1.29, 1.82) is 5.26 Å². The Bertz CT molecular complexity index is 104. The normalized spacial score (nSPS) is 22.6. The molecule has 1 unspecified atom stereocenters. The summed E-state index contributed by atoms with van der Waals surface area (Å²) in [5.41, 5.74) is 0. The summed E-state index contributed by atoms with van der Waals surface area (Å²) in [6.07, 6.45) is 8.11. The van der Waals surface area contributed by atoms with Crippen LogP contribution in [0.2, 0.25) is 0 Å². The zero-order valence-electron chi connectivity index (χ0n) is 5.64. The van der Waals surface area contributed by atoms with E-state index in [1.54, 1.807) is 0 Å². The summed E-state index contributed by atoms with van der Waals surface area (Å²) in [6.45, 7) is 0. The van der Waals surface area contributed by atoms with Crippen LogP contribution in [0.15, 0.2) is 0 Å². The first-order valence-electron chi connectivity index (χ1n) is 3.65. The van der Waals surface area contributed by atoms with Crippen LogP contribution in [0.3, 0.4) is 0 Å². The van der Waals surface area contributed by atoms with Crippen molar-refractivity contribution in [3.63, 3.8) is 0 Å². The first-order valence-corrected chi connectivity index (χ1v) is 3.65. The van der Waals surface area contributed by atoms with Gasteiger partial charge in [0.1, 0.15) is 0 Å². The van der Waals surface area contributed by atoms with Gasteiger partial charge in [0, 0.05) is 5.92 Å². The van der Waals surface area contributed by atoms with Gasteiger partial charge in [0.25, 0.3) is 0 Å². The molecule has 1 heteroatoms. The zero-order valence-corrected chi connectivity index (χ0v) is 5.64. The van der Waals surface area contributed by atoms with E-state index in [0.29, 0.717) is 5.92 Å². The van der Waals surface area contributed by atoms with Crippen LogP contribution in [0.1, 0.15) is 32.1 Å². The molecule has 1 atom stereocenters. The molecule has 1 radical (unpaired) electrons. The van der Waals surface area contributed by atoms with E-state index in [2.05, 4.69) is 12.5 Å². The molecule has 0 aromatic rings. The lowest BCUT2D eigenvalue weighted by Crippen LogP contribution is -1.92. The van der Waals surface area contributed by atoms with Gasteiger partial charge in [-0.1, -0.05) is 12.8 Å². The summed E-state index contributed by atoms with van der Waals surface area (Å²) in [5.74, 6) is 0.351. The second-order valence-electron chi connectivity index (χ2n) is 2.62. The third kappa shape index (κ3) is 2.05. The molecule has 1 aliphatic carbocycles. The van der Waals surface area contributed by atoms with Crippen molar-refractivity contribution in [3.8, 4) is 6.07 Å². The summed E-state index contributed by atoms with van der Waals surface area (Å²) in [5, 5.41) is 8.55. The van der Waals surface area contributed by atoms with Crippen molar-refractivity contribution < 1.29 is 0 Å². The van der Waals surface area contributed by atoms with Crippen LogP contribution >= 0.6 is 0 Å². The zero-order chi connectivity index (χ0) is 6.53.